The zero-order valence-corrected chi connectivity index (χ0v) is 16.4. The van der Waals surface area contributed by atoms with Gasteiger partial charge < -0.3 is 14.8 Å². The maximum atomic E-state index is 12.8. The summed E-state index contributed by atoms with van der Waals surface area (Å²) in [6.07, 6.45) is 1.75. The summed E-state index contributed by atoms with van der Waals surface area (Å²) < 4.78 is 11.6. The number of carbonyl (C=O) groups excluding carboxylic acids is 1. The molecule has 0 unspecified atom stereocenters. The van der Waals surface area contributed by atoms with E-state index >= 15 is 0 Å². The highest BCUT2D eigenvalue weighted by Gasteiger charge is 2.16. The Kier molecular flexibility index (Phi) is 5.42. The zero-order chi connectivity index (χ0) is 18.7. The van der Waals surface area contributed by atoms with E-state index < -0.39 is 0 Å². The van der Waals surface area contributed by atoms with E-state index in [0.29, 0.717) is 33.8 Å². The van der Waals surface area contributed by atoms with E-state index in [1.165, 1.54) is 0 Å². The second-order valence-corrected chi connectivity index (χ2v) is 6.56. The molecule has 3 rings (SSSR count). The van der Waals surface area contributed by atoms with Crippen molar-refractivity contribution in [3.8, 4) is 11.5 Å². The number of halogens is 1. The van der Waals surface area contributed by atoms with Gasteiger partial charge in [0.2, 0.25) is 0 Å². The van der Waals surface area contributed by atoms with Crippen molar-refractivity contribution in [1.29, 1.82) is 0 Å². The number of methoxy groups -OCH3 is 1. The Morgan fingerprint density at radius 3 is 2.81 bits per heavy atom. The molecule has 1 aromatic heterocycles. The van der Waals surface area contributed by atoms with Gasteiger partial charge in [-0.25, -0.2) is 0 Å². The number of hydrogen-bond acceptors (Lipinski definition) is 4. The molecule has 0 aliphatic carbocycles. The third-order valence-corrected chi connectivity index (χ3v) is 4.59. The summed E-state index contributed by atoms with van der Waals surface area (Å²) in [5, 5.41) is 3.86. The number of carbonyl (C=O) groups is 1. The number of aromatic nitrogens is 1. The van der Waals surface area contributed by atoms with Crippen LogP contribution >= 0.6 is 15.9 Å². The van der Waals surface area contributed by atoms with E-state index in [4.69, 9.17) is 9.47 Å². The van der Waals surface area contributed by atoms with Gasteiger partial charge in [-0.05, 0) is 65.7 Å². The summed E-state index contributed by atoms with van der Waals surface area (Å²) in [6, 6.07) is 11.0. The number of aryl methyl sites for hydroxylation is 1. The van der Waals surface area contributed by atoms with Crippen LogP contribution in [0.4, 0.5) is 5.69 Å². The largest absolute Gasteiger partial charge is 0.493 e. The Morgan fingerprint density at radius 1 is 1.27 bits per heavy atom. The fraction of sp³-hybridized carbons (Fsp3) is 0.200. The quantitative estimate of drug-likeness (QED) is 0.640. The lowest BCUT2D eigenvalue weighted by molar-refractivity contribution is 0.102. The molecule has 0 atom stereocenters. The van der Waals surface area contributed by atoms with Crippen molar-refractivity contribution in [1.82, 2.24) is 4.98 Å². The Morgan fingerprint density at radius 2 is 2.08 bits per heavy atom. The molecule has 26 heavy (non-hydrogen) atoms. The number of fused-ring (bicyclic) bond motifs is 1. The van der Waals surface area contributed by atoms with Crippen molar-refractivity contribution < 1.29 is 14.3 Å². The molecule has 1 amide bonds. The number of pyridine rings is 1. The monoisotopic (exact) mass is 414 g/mol. The Bertz CT molecular complexity index is 973. The summed E-state index contributed by atoms with van der Waals surface area (Å²) in [7, 11) is 1.55. The molecule has 0 fully saturated rings. The minimum absolute atomic E-state index is 0.235. The lowest BCUT2D eigenvalue weighted by atomic mass is 10.1. The standard InChI is InChI=1S/C20H19BrN2O3/c1-4-26-19-15(21)10-13(11-17(19)25-3)20(24)23-16-8-7-12(2)18-14(16)6-5-9-22-18/h5-11H,4H2,1-3H3,(H,23,24). The van der Waals surface area contributed by atoms with Gasteiger partial charge in [-0.15, -0.1) is 0 Å². The SMILES string of the molecule is CCOc1c(Br)cc(C(=O)Nc2ccc(C)c3ncccc23)cc1OC. The van der Waals surface area contributed by atoms with Crippen LogP contribution in [-0.4, -0.2) is 24.6 Å². The van der Waals surface area contributed by atoms with Crippen LogP contribution in [0, 0.1) is 6.92 Å². The normalized spacial score (nSPS) is 10.6. The number of amides is 1. The fourth-order valence-electron chi connectivity index (χ4n) is 2.75. The summed E-state index contributed by atoms with van der Waals surface area (Å²) in [5.41, 5.74) is 3.11. The molecule has 0 radical (unpaired) electrons. The molecule has 0 spiro atoms. The topological polar surface area (TPSA) is 60.5 Å². The highest BCUT2D eigenvalue weighted by Crippen LogP contribution is 2.37. The lowest BCUT2D eigenvalue weighted by Gasteiger charge is -2.14. The molecule has 1 N–H and O–H groups in total. The number of rotatable bonds is 5. The second kappa shape index (κ2) is 7.74. The molecule has 0 aliphatic rings. The summed E-state index contributed by atoms with van der Waals surface area (Å²) in [5.74, 6) is 0.847. The minimum Gasteiger partial charge on any atom is -0.493 e. The molecule has 5 nitrogen and oxygen atoms in total. The van der Waals surface area contributed by atoms with Crippen LogP contribution in [0.5, 0.6) is 11.5 Å². The van der Waals surface area contributed by atoms with Crippen LogP contribution in [0.25, 0.3) is 10.9 Å². The summed E-state index contributed by atoms with van der Waals surface area (Å²) in [6.45, 7) is 4.39. The number of anilines is 1. The minimum atomic E-state index is -0.235. The molecular weight excluding hydrogens is 396 g/mol. The van der Waals surface area contributed by atoms with Crippen LogP contribution in [0.3, 0.4) is 0 Å². The lowest BCUT2D eigenvalue weighted by Crippen LogP contribution is -2.13. The first-order chi connectivity index (χ1) is 12.5. The van der Waals surface area contributed by atoms with E-state index in [0.717, 1.165) is 16.5 Å². The van der Waals surface area contributed by atoms with Gasteiger partial charge in [0.05, 0.1) is 29.4 Å². The van der Waals surface area contributed by atoms with Gasteiger partial charge >= 0.3 is 0 Å². The van der Waals surface area contributed by atoms with Gasteiger partial charge in [-0.1, -0.05) is 6.07 Å². The van der Waals surface area contributed by atoms with Crippen molar-refractivity contribution in [3.63, 3.8) is 0 Å². The highest BCUT2D eigenvalue weighted by molar-refractivity contribution is 9.10. The molecule has 3 aromatic rings. The molecule has 0 aliphatic heterocycles. The maximum Gasteiger partial charge on any atom is 0.255 e. The van der Waals surface area contributed by atoms with E-state index in [9.17, 15) is 4.79 Å². The maximum absolute atomic E-state index is 12.8. The zero-order valence-electron chi connectivity index (χ0n) is 14.8. The predicted octanol–water partition coefficient (Wildman–Crippen LogP) is 4.97. The van der Waals surface area contributed by atoms with Gasteiger partial charge in [-0.3, -0.25) is 9.78 Å². The van der Waals surface area contributed by atoms with Crippen LogP contribution in [-0.2, 0) is 0 Å². The molecule has 2 aromatic carbocycles. The van der Waals surface area contributed by atoms with E-state index in [2.05, 4.69) is 26.2 Å². The molecule has 0 saturated heterocycles. The molecule has 1 heterocycles. The van der Waals surface area contributed by atoms with Gasteiger partial charge in [0.25, 0.3) is 5.91 Å². The fourth-order valence-corrected chi connectivity index (χ4v) is 3.31. The average molecular weight is 415 g/mol. The van der Waals surface area contributed by atoms with Gasteiger partial charge in [0, 0.05) is 17.1 Å². The van der Waals surface area contributed by atoms with Crippen molar-refractivity contribution in [3.05, 3.63) is 58.2 Å². The first-order valence-corrected chi connectivity index (χ1v) is 9.00. The summed E-state index contributed by atoms with van der Waals surface area (Å²) in [4.78, 5) is 17.2. The number of nitrogens with zero attached hydrogens (tertiary/aromatic N) is 1. The molecule has 134 valence electrons. The van der Waals surface area contributed by atoms with Crippen LogP contribution in [0.15, 0.2) is 47.1 Å². The Hall–Kier alpha value is -2.60. The van der Waals surface area contributed by atoms with Crippen LogP contribution < -0.4 is 14.8 Å². The van der Waals surface area contributed by atoms with Gasteiger partial charge in [-0.2, -0.15) is 0 Å². The van der Waals surface area contributed by atoms with Crippen molar-refractivity contribution in [2.75, 3.05) is 19.0 Å². The van der Waals surface area contributed by atoms with Crippen molar-refractivity contribution in [2.45, 2.75) is 13.8 Å². The molecule has 6 heteroatoms. The van der Waals surface area contributed by atoms with Crippen LogP contribution in [0.2, 0.25) is 0 Å². The average Bonchev–Trinajstić information content (AvgIpc) is 2.65. The number of benzene rings is 2. The second-order valence-electron chi connectivity index (χ2n) is 5.71. The predicted molar refractivity (Wildman–Crippen MR) is 106 cm³/mol. The van der Waals surface area contributed by atoms with Crippen molar-refractivity contribution in [2.24, 2.45) is 0 Å². The molecule has 0 bridgehead atoms. The number of hydrogen-bond donors (Lipinski definition) is 1. The third kappa shape index (κ3) is 3.51. The first kappa shape index (κ1) is 18.2. The Labute approximate surface area is 160 Å². The molecular formula is C20H19BrN2O3. The van der Waals surface area contributed by atoms with Gasteiger partial charge in [0.1, 0.15) is 0 Å². The van der Waals surface area contributed by atoms with E-state index in [-0.39, 0.29) is 5.91 Å². The Balaban J connectivity index is 1.96. The van der Waals surface area contributed by atoms with E-state index in [1.807, 2.05) is 38.1 Å². The summed E-state index contributed by atoms with van der Waals surface area (Å²) >= 11 is 3.45. The first-order valence-electron chi connectivity index (χ1n) is 8.21. The van der Waals surface area contributed by atoms with E-state index in [1.54, 1.807) is 25.4 Å². The molecule has 0 saturated carbocycles. The highest BCUT2D eigenvalue weighted by atomic mass is 79.9. The number of ether oxygens (including phenoxy) is 2. The number of nitrogens with one attached hydrogen (secondary N) is 1. The third-order valence-electron chi connectivity index (χ3n) is 4.00. The van der Waals surface area contributed by atoms with Gasteiger partial charge in [0.15, 0.2) is 11.5 Å². The van der Waals surface area contributed by atoms with Crippen molar-refractivity contribution >= 4 is 38.4 Å². The smallest absolute Gasteiger partial charge is 0.255 e. The van der Waals surface area contributed by atoms with Crippen LogP contribution in [0.1, 0.15) is 22.8 Å².